The van der Waals surface area contributed by atoms with Crippen molar-refractivity contribution < 1.29 is 23.8 Å². The predicted molar refractivity (Wildman–Crippen MR) is 270 cm³/mol. The van der Waals surface area contributed by atoms with E-state index in [1.54, 1.807) is 0 Å². The average molecular weight is 863 g/mol. The van der Waals surface area contributed by atoms with E-state index in [1.165, 1.54) is 96.3 Å². The molecule has 0 saturated carbocycles. The van der Waals surface area contributed by atoms with E-state index in [-0.39, 0.29) is 25.2 Å². The van der Waals surface area contributed by atoms with Crippen molar-refractivity contribution in [2.24, 2.45) is 0 Å². The molecule has 0 spiro atoms. The fourth-order valence-electron chi connectivity index (χ4n) is 7.10. The molecule has 0 aliphatic heterocycles. The summed E-state index contributed by atoms with van der Waals surface area (Å²) >= 11 is 0. The lowest BCUT2D eigenvalue weighted by molar-refractivity contribution is -0.163. The van der Waals surface area contributed by atoms with E-state index < -0.39 is 6.10 Å². The van der Waals surface area contributed by atoms with E-state index in [4.69, 9.17) is 14.2 Å². The molecule has 1 unspecified atom stereocenters. The van der Waals surface area contributed by atoms with Crippen LogP contribution in [0.3, 0.4) is 0 Å². The van der Waals surface area contributed by atoms with Crippen LogP contribution in [0.5, 0.6) is 0 Å². The molecule has 1 atom stereocenters. The van der Waals surface area contributed by atoms with Gasteiger partial charge in [0.25, 0.3) is 0 Å². The van der Waals surface area contributed by atoms with Crippen LogP contribution in [-0.4, -0.2) is 37.9 Å². The molecule has 0 heterocycles. The summed E-state index contributed by atoms with van der Waals surface area (Å²) in [6, 6.07) is 0. The molecule has 0 N–H and O–H groups in total. The fraction of sp³-hybridized carbons (Fsp3) is 0.719. The number of rotatable bonds is 47. The second-order valence-electron chi connectivity index (χ2n) is 17.0. The molecule has 0 saturated heterocycles. The highest BCUT2D eigenvalue weighted by atomic mass is 16.6. The molecule has 0 rings (SSSR count). The molecule has 0 aromatic heterocycles. The molecular formula is C57H98O5. The predicted octanol–water partition coefficient (Wildman–Crippen LogP) is 17.7. The highest BCUT2D eigenvalue weighted by molar-refractivity contribution is 5.70. The Balaban J connectivity index is 4.33. The standard InChI is InChI=1S/C57H98O5/c1-4-7-10-13-16-19-22-25-27-29-30-33-35-38-41-44-47-50-56(58)61-54-55(62-57(59)51-48-45-42-39-36-32-24-21-18-15-12-9-6-3)53-60-52-49-46-43-40-37-34-31-28-26-23-20-17-14-11-8-5-2/h7-8,10-11,16-17,19-20,25-28,30,33,55H,4-6,9,12-15,18,21-24,29,31-32,34-54H2,1-3H3/b10-7-,11-8-,19-16-,20-17-,27-25-,28-26-,33-30-. The normalized spacial score (nSPS) is 12.9. The van der Waals surface area contributed by atoms with Crippen LogP contribution in [0.4, 0.5) is 0 Å². The zero-order valence-corrected chi connectivity index (χ0v) is 40.9. The van der Waals surface area contributed by atoms with Gasteiger partial charge in [0.2, 0.25) is 0 Å². The number of hydrogen-bond donors (Lipinski definition) is 0. The number of unbranched alkanes of at least 4 members (excludes halogenated alkanes) is 22. The maximum Gasteiger partial charge on any atom is 0.306 e. The van der Waals surface area contributed by atoms with Crippen molar-refractivity contribution in [1.29, 1.82) is 0 Å². The number of hydrogen-bond acceptors (Lipinski definition) is 5. The third kappa shape index (κ3) is 49.7. The van der Waals surface area contributed by atoms with E-state index >= 15 is 0 Å². The van der Waals surface area contributed by atoms with Crippen LogP contribution >= 0.6 is 0 Å². The molecule has 0 aliphatic carbocycles. The van der Waals surface area contributed by atoms with Crippen LogP contribution in [0.15, 0.2) is 85.1 Å². The van der Waals surface area contributed by atoms with Gasteiger partial charge in [-0.15, -0.1) is 0 Å². The minimum absolute atomic E-state index is 0.0655. The van der Waals surface area contributed by atoms with Gasteiger partial charge in [-0.05, 0) is 89.9 Å². The first-order valence-electron chi connectivity index (χ1n) is 26.1. The lowest BCUT2D eigenvalue weighted by Gasteiger charge is -2.18. The van der Waals surface area contributed by atoms with Crippen molar-refractivity contribution in [2.75, 3.05) is 19.8 Å². The second kappa shape index (κ2) is 52.4. The Bertz CT molecular complexity index is 1160. The van der Waals surface area contributed by atoms with Crippen LogP contribution in [0.1, 0.15) is 239 Å². The van der Waals surface area contributed by atoms with Gasteiger partial charge >= 0.3 is 11.9 Å². The van der Waals surface area contributed by atoms with Crippen molar-refractivity contribution in [2.45, 2.75) is 245 Å². The quantitative estimate of drug-likeness (QED) is 0.0346. The second-order valence-corrected chi connectivity index (χ2v) is 17.0. The highest BCUT2D eigenvalue weighted by Crippen LogP contribution is 2.14. The fourth-order valence-corrected chi connectivity index (χ4v) is 7.10. The third-order valence-electron chi connectivity index (χ3n) is 10.9. The zero-order chi connectivity index (χ0) is 44.9. The lowest BCUT2D eigenvalue weighted by atomic mass is 10.0. The maximum absolute atomic E-state index is 12.8. The van der Waals surface area contributed by atoms with E-state index in [0.29, 0.717) is 19.4 Å². The van der Waals surface area contributed by atoms with Gasteiger partial charge in [0.05, 0.1) is 6.61 Å². The van der Waals surface area contributed by atoms with Crippen molar-refractivity contribution in [1.82, 2.24) is 0 Å². The summed E-state index contributed by atoms with van der Waals surface area (Å²) in [5.74, 6) is -0.429. The molecule has 5 nitrogen and oxygen atoms in total. The van der Waals surface area contributed by atoms with Gasteiger partial charge in [0.15, 0.2) is 6.10 Å². The van der Waals surface area contributed by atoms with Crippen LogP contribution < -0.4 is 0 Å². The topological polar surface area (TPSA) is 61.8 Å². The van der Waals surface area contributed by atoms with Gasteiger partial charge < -0.3 is 14.2 Å². The number of allylic oxidation sites excluding steroid dienone is 14. The van der Waals surface area contributed by atoms with Crippen molar-refractivity contribution >= 4 is 11.9 Å². The van der Waals surface area contributed by atoms with E-state index in [9.17, 15) is 9.59 Å². The van der Waals surface area contributed by atoms with Gasteiger partial charge in [-0.3, -0.25) is 9.59 Å². The Morgan fingerprint density at radius 2 is 0.726 bits per heavy atom. The first-order chi connectivity index (χ1) is 30.6. The number of carbonyl (C=O) groups is 2. The van der Waals surface area contributed by atoms with Crippen molar-refractivity contribution in [3.8, 4) is 0 Å². The van der Waals surface area contributed by atoms with Crippen molar-refractivity contribution in [3.05, 3.63) is 85.1 Å². The minimum atomic E-state index is -0.555. The molecule has 0 aromatic rings. The SMILES string of the molecule is CC/C=C\C/C=C\C/C=C\C/C=C\CCCCCCC(=O)OCC(COCCCCCCCC/C=C\C/C=C\C/C=C\CC)OC(=O)CCCCCCCCCCCCCCC. The number of carbonyl (C=O) groups excluding carboxylic acids is 2. The Morgan fingerprint density at radius 1 is 0.371 bits per heavy atom. The summed E-state index contributed by atoms with van der Waals surface area (Å²) in [4.78, 5) is 25.4. The molecule has 0 amide bonds. The summed E-state index contributed by atoms with van der Waals surface area (Å²) in [5.41, 5.74) is 0. The molecule has 0 aliphatic rings. The highest BCUT2D eigenvalue weighted by Gasteiger charge is 2.17. The molecule has 0 radical (unpaired) electrons. The van der Waals surface area contributed by atoms with E-state index in [1.807, 2.05) is 0 Å². The summed E-state index contributed by atoms with van der Waals surface area (Å²) < 4.78 is 17.4. The van der Waals surface area contributed by atoms with Crippen LogP contribution in [0, 0.1) is 0 Å². The van der Waals surface area contributed by atoms with Gasteiger partial charge in [-0.1, -0.05) is 221 Å². The van der Waals surface area contributed by atoms with Crippen LogP contribution in [0.2, 0.25) is 0 Å². The lowest BCUT2D eigenvalue weighted by Crippen LogP contribution is -2.30. The summed E-state index contributed by atoms with van der Waals surface area (Å²) in [5, 5.41) is 0. The summed E-state index contributed by atoms with van der Waals surface area (Å²) in [6.07, 6.45) is 68.7. The van der Waals surface area contributed by atoms with Gasteiger partial charge in [-0.2, -0.15) is 0 Å². The van der Waals surface area contributed by atoms with Crippen molar-refractivity contribution in [3.63, 3.8) is 0 Å². The molecule has 0 fully saturated rings. The smallest absolute Gasteiger partial charge is 0.306 e. The number of esters is 2. The molecule has 62 heavy (non-hydrogen) atoms. The first kappa shape index (κ1) is 59.1. The molecule has 0 aromatic carbocycles. The molecule has 356 valence electrons. The Labute approximate surface area is 384 Å². The van der Waals surface area contributed by atoms with E-state index in [0.717, 1.165) is 109 Å². The molecular weight excluding hydrogens is 765 g/mol. The summed E-state index contributed by atoms with van der Waals surface area (Å²) in [6.45, 7) is 7.56. The van der Waals surface area contributed by atoms with Gasteiger partial charge in [-0.25, -0.2) is 0 Å². The Kier molecular flexibility index (Phi) is 50.0. The van der Waals surface area contributed by atoms with Crippen LogP contribution in [-0.2, 0) is 23.8 Å². The molecule has 5 heteroatoms. The monoisotopic (exact) mass is 863 g/mol. The summed E-state index contributed by atoms with van der Waals surface area (Å²) in [7, 11) is 0. The average Bonchev–Trinajstić information content (AvgIpc) is 3.27. The minimum Gasteiger partial charge on any atom is -0.462 e. The maximum atomic E-state index is 12.8. The molecule has 0 bridgehead atoms. The Morgan fingerprint density at radius 3 is 1.16 bits per heavy atom. The van der Waals surface area contributed by atoms with Gasteiger partial charge in [0.1, 0.15) is 6.61 Å². The van der Waals surface area contributed by atoms with Gasteiger partial charge in [0, 0.05) is 19.4 Å². The Hall–Kier alpha value is -2.92. The largest absolute Gasteiger partial charge is 0.462 e. The van der Waals surface area contributed by atoms with Crippen LogP contribution in [0.25, 0.3) is 0 Å². The number of ether oxygens (including phenoxy) is 3. The first-order valence-corrected chi connectivity index (χ1v) is 26.1. The zero-order valence-electron chi connectivity index (χ0n) is 40.9. The van der Waals surface area contributed by atoms with E-state index in [2.05, 4.69) is 106 Å². The third-order valence-corrected chi connectivity index (χ3v) is 10.9.